The standard InChI is InChI=1S/C60H40N4S/c1-3-4-7-18-38(2)57-62-58(41-21-10-6-11-22-41)64-59(63-57)42-31-29-39(30-32-42)43-33-36-52-47(37-43)46-34-35-51-56(54(46)55(61-52)40-19-8-5-9-20-40)65-53-28-17-16-27-50(53)60(51)48-25-14-12-23-44(48)45-24-13-15-26-49(45)60/h3-37H,2H2,1H3/b4-3-,18-7-. The van der Waals surface area contributed by atoms with E-state index in [1.165, 1.54) is 53.9 Å². The minimum Gasteiger partial charge on any atom is -0.247 e. The maximum absolute atomic E-state index is 5.56. The Morgan fingerprint density at radius 2 is 1.08 bits per heavy atom. The number of allylic oxidation sites excluding steroid dienone is 5. The predicted molar refractivity (Wildman–Crippen MR) is 269 cm³/mol. The van der Waals surface area contributed by atoms with Crippen LogP contribution < -0.4 is 0 Å². The largest absolute Gasteiger partial charge is 0.247 e. The van der Waals surface area contributed by atoms with Crippen molar-refractivity contribution < 1.29 is 0 Å². The average molecular weight is 849 g/mol. The Labute approximate surface area is 382 Å². The maximum atomic E-state index is 5.56. The van der Waals surface area contributed by atoms with Crippen molar-refractivity contribution in [1.82, 2.24) is 19.9 Å². The van der Waals surface area contributed by atoms with Gasteiger partial charge in [-0.2, -0.15) is 0 Å². The van der Waals surface area contributed by atoms with Crippen LogP contribution in [0.5, 0.6) is 0 Å². The van der Waals surface area contributed by atoms with Gasteiger partial charge in [-0.05, 0) is 75.0 Å². The van der Waals surface area contributed by atoms with E-state index in [1.54, 1.807) is 0 Å². The van der Waals surface area contributed by atoms with Crippen molar-refractivity contribution in [2.75, 3.05) is 0 Å². The fourth-order valence-electron chi connectivity index (χ4n) is 9.92. The lowest BCUT2D eigenvalue weighted by molar-refractivity contribution is 0.726. The molecule has 10 aromatic rings. The van der Waals surface area contributed by atoms with Gasteiger partial charge in [-0.25, -0.2) is 19.9 Å². The van der Waals surface area contributed by atoms with Crippen LogP contribution in [0.3, 0.4) is 0 Å². The first-order chi connectivity index (χ1) is 32.1. The third-order valence-electron chi connectivity index (χ3n) is 12.9. The zero-order valence-electron chi connectivity index (χ0n) is 35.6. The second-order valence-corrected chi connectivity index (χ2v) is 17.6. The summed E-state index contributed by atoms with van der Waals surface area (Å²) in [5.74, 6) is 1.74. The van der Waals surface area contributed by atoms with Crippen molar-refractivity contribution in [2.24, 2.45) is 0 Å². The zero-order valence-corrected chi connectivity index (χ0v) is 36.4. The number of hydrogen-bond acceptors (Lipinski definition) is 5. The van der Waals surface area contributed by atoms with Gasteiger partial charge in [0.2, 0.25) is 0 Å². The summed E-state index contributed by atoms with van der Waals surface area (Å²) < 4.78 is 0. The van der Waals surface area contributed by atoms with Gasteiger partial charge < -0.3 is 0 Å². The van der Waals surface area contributed by atoms with Crippen LogP contribution in [0.4, 0.5) is 0 Å². The van der Waals surface area contributed by atoms with E-state index in [9.17, 15) is 0 Å². The molecule has 0 fully saturated rings. The molecule has 1 spiro atoms. The van der Waals surface area contributed by atoms with Crippen LogP contribution in [0.25, 0.3) is 83.5 Å². The summed E-state index contributed by atoms with van der Waals surface area (Å²) in [5.41, 5.74) is 15.2. The first kappa shape index (κ1) is 38.7. The molecule has 65 heavy (non-hydrogen) atoms. The van der Waals surface area contributed by atoms with Gasteiger partial charge in [0, 0.05) is 42.8 Å². The molecule has 2 aliphatic rings. The molecule has 2 aromatic heterocycles. The molecule has 0 bridgehead atoms. The van der Waals surface area contributed by atoms with Crippen molar-refractivity contribution in [2.45, 2.75) is 22.1 Å². The number of pyridine rings is 1. The molecule has 0 saturated carbocycles. The van der Waals surface area contributed by atoms with Gasteiger partial charge in [-0.3, -0.25) is 0 Å². The topological polar surface area (TPSA) is 51.6 Å². The first-order valence-corrected chi connectivity index (χ1v) is 22.8. The normalized spacial score (nSPS) is 13.3. The van der Waals surface area contributed by atoms with E-state index < -0.39 is 5.41 Å². The van der Waals surface area contributed by atoms with Crippen molar-refractivity contribution in [3.8, 4) is 56.3 Å². The van der Waals surface area contributed by atoms with E-state index in [-0.39, 0.29) is 0 Å². The lowest BCUT2D eigenvalue weighted by Gasteiger charge is -2.40. The summed E-state index contributed by atoms with van der Waals surface area (Å²) in [6, 6.07) is 67.7. The smallest absolute Gasteiger partial charge is 0.164 e. The number of fused-ring (bicyclic) bond motifs is 13. The van der Waals surface area contributed by atoms with Crippen molar-refractivity contribution in [3.63, 3.8) is 0 Å². The van der Waals surface area contributed by atoms with Crippen LogP contribution in [-0.4, -0.2) is 19.9 Å². The van der Waals surface area contributed by atoms with Crippen molar-refractivity contribution >= 4 is 39.0 Å². The molecule has 8 aromatic carbocycles. The van der Waals surface area contributed by atoms with E-state index in [4.69, 9.17) is 19.9 Å². The summed E-state index contributed by atoms with van der Waals surface area (Å²) in [4.78, 5) is 22.8. The first-order valence-electron chi connectivity index (χ1n) is 21.9. The predicted octanol–water partition coefficient (Wildman–Crippen LogP) is 15.2. The van der Waals surface area contributed by atoms with Crippen LogP contribution in [-0.2, 0) is 5.41 Å². The molecule has 3 heterocycles. The van der Waals surface area contributed by atoms with E-state index >= 15 is 0 Å². The number of aromatic nitrogens is 4. The van der Waals surface area contributed by atoms with Crippen LogP contribution in [0.2, 0.25) is 0 Å². The zero-order chi connectivity index (χ0) is 43.5. The highest BCUT2D eigenvalue weighted by Gasteiger charge is 2.50. The minimum absolute atomic E-state index is 0.484. The highest BCUT2D eigenvalue weighted by atomic mass is 32.2. The molecule has 4 nitrogen and oxygen atoms in total. The summed E-state index contributed by atoms with van der Waals surface area (Å²) in [6.45, 7) is 6.26. The number of hydrogen-bond donors (Lipinski definition) is 0. The van der Waals surface area contributed by atoms with Crippen molar-refractivity contribution in [1.29, 1.82) is 0 Å². The number of benzene rings is 8. The maximum Gasteiger partial charge on any atom is 0.164 e. The molecule has 5 heteroatoms. The van der Waals surface area contributed by atoms with Crippen LogP contribution in [0.1, 0.15) is 35.0 Å². The lowest BCUT2D eigenvalue weighted by Crippen LogP contribution is -2.32. The lowest BCUT2D eigenvalue weighted by atomic mass is 9.67. The van der Waals surface area contributed by atoms with Gasteiger partial charge in [0.05, 0.1) is 16.6 Å². The fourth-order valence-corrected chi connectivity index (χ4v) is 11.3. The Hall–Kier alpha value is -7.99. The molecule has 306 valence electrons. The molecular weight excluding hydrogens is 809 g/mol. The van der Waals surface area contributed by atoms with Gasteiger partial charge in [0.25, 0.3) is 0 Å². The highest BCUT2D eigenvalue weighted by Crippen LogP contribution is 2.63. The Kier molecular flexibility index (Phi) is 9.32. The summed E-state index contributed by atoms with van der Waals surface area (Å²) in [6.07, 6.45) is 7.82. The molecule has 0 N–H and O–H groups in total. The molecular formula is C60H40N4S. The van der Waals surface area contributed by atoms with E-state index in [2.05, 4.69) is 164 Å². The van der Waals surface area contributed by atoms with Crippen molar-refractivity contribution in [3.05, 3.63) is 247 Å². The molecule has 0 saturated heterocycles. The SMILES string of the molecule is C=C(/C=C\C=C/C)c1nc(-c2ccccc2)nc(-c2ccc(-c3ccc4nc(-c5ccccc5)c5c6c(ccc5c4c3)C3(c4ccccc4S6)c4ccccc4-c4ccccc43)cc2)n1. The quantitative estimate of drug-likeness (QED) is 0.118. The van der Waals surface area contributed by atoms with Gasteiger partial charge in [0.15, 0.2) is 17.5 Å². The Bertz CT molecular complexity index is 3550. The molecule has 0 radical (unpaired) electrons. The molecule has 12 rings (SSSR count). The summed E-state index contributed by atoms with van der Waals surface area (Å²) in [7, 11) is 0. The molecule has 0 unspecified atom stereocenters. The van der Waals surface area contributed by atoms with Gasteiger partial charge >= 0.3 is 0 Å². The fraction of sp³-hybridized carbons (Fsp3) is 0.0333. The Balaban J connectivity index is 1.03. The monoisotopic (exact) mass is 848 g/mol. The summed E-state index contributed by atoms with van der Waals surface area (Å²) >= 11 is 1.88. The highest BCUT2D eigenvalue weighted by molar-refractivity contribution is 7.99. The van der Waals surface area contributed by atoms with E-state index in [0.717, 1.165) is 44.4 Å². The third kappa shape index (κ3) is 6.22. The van der Waals surface area contributed by atoms with Crippen LogP contribution in [0, 0.1) is 0 Å². The molecule has 0 amide bonds. The van der Waals surface area contributed by atoms with E-state index in [1.807, 2.05) is 73.3 Å². The van der Waals surface area contributed by atoms with Gasteiger partial charge in [-0.15, -0.1) is 0 Å². The van der Waals surface area contributed by atoms with Crippen LogP contribution >= 0.6 is 11.8 Å². The second-order valence-electron chi connectivity index (χ2n) is 16.5. The molecule has 1 aliphatic heterocycles. The number of nitrogens with zero attached hydrogens (tertiary/aromatic N) is 4. The molecule has 0 atom stereocenters. The summed E-state index contributed by atoms with van der Waals surface area (Å²) in [5, 5.41) is 3.47. The van der Waals surface area contributed by atoms with Gasteiger partial charge in [0.1, 0.15) is 0 Å². The second kappa shape index (κ2) is 15.7. The Morgan fingerprint density at radius 3 is 1.77 bits per heavy atom. The van der Waals surface area contributed by atoms with Gasteiger partial charge in [-0.1, -0.05) is 213 Å². The number of rotatable bonds is 7. The minimum atomic E-state index is -0.484. The average Bonchev–Trinajstić information content (AvgIpc) is 3.66. The molecule has 1 aliphatic carbocycles. The van der Waals surface area contributed by atoms with E-state index in [0.29, 0.717) is 23.0 Å². The Morgan fingerprint density at radius 1 is 0.492 bits per heavy atom. The third-order valence-corrected chi connectivity index (χ3v) is 14.1. The van der Waals surface area contributed by atoms with Crippen LogP contribution in [0.15, 0.2) is 229 Å².